The lowest BCUT2D eigenvalue weighted by Crippen LogP contribution is -2.15. The average molecular weight is 698 g/mol. The smallest absolute Gasteiger partial charge is 0.160 e. The van der Waals surface area contributed by atoms with Gasteiger partial charge in [0.15, 0.2) is 5.82 Å². The second-order valence-electron chi connectivity index (χ2n) is 12.5. The molecule has 1 aliphatic rings. The van der Waals surface area contributed by atoms with Crippen molar-refractivity contribution in [3.63, 3.8) is 0 Å². The largest absolute Gasteiger partial charge is 0.228 e. The summed E-state index contributed by atoms with van der Waals surface area (Å²) in [6, 6.07) is 13.6. The van der Waals surface area contributed by atoms with Gasteiger partial charge in [-0.25, -0.2) is 9.97 Å². The van der Waals surface area contributed by atoms with E-state index in [1.54, 1.807) is 36.4 Å². The Morgan fingerprint density at radius 3 is 1.83 bits per heavy atom. The topological polar surface area (TPSA) is 25.8 Å². The monoisotopic (exact) mass is 697 g/mol. The highest BCUT2D eigenvalue weighted by Crippen LogP contribution is 2.51. The van der Waals surface area contributed by atoms with Gasteiger partial charge < -0.3 is 0 Å². The quantitative estimate of drug-likeness (QED) is 0.179. The normalized spacial score (nSPS) is 19.0. The van der Waals surface area contributed by atoms with E-state index in [4.69, 9.17) is 26.4 Å². The highest BCUT2D eigenvalue weighted by atomic mass is 14.9. The van der Waals surface area contributed by atoms with Crippen LogP contribution in [0.3, 0.4) is 0 Å². The van der Waals surface area contributed by atoms with Gasteiger partial charge in [0.25, 0.3) is 0 Å². The zero-order valence-electron chi connectivity index (χ0n) is 48.6. The lowest BCUT2D eigenvalue weighted by Gasteiger charge is -2.22. The molecule has 0 atom stereocenters. The molecule has 0 saturated heterocycles. The van der Waals surface area contributed by atoms with Gasteiger partial charge in [0, 0.05) is 30.3 Å². The molecule has 1 aliphatic carbocycles. The summed E-state index contributed by atoms with van der Waals surface area (Å²) >= 11 is 0. The Bertz CT molecular complexity index is 3910. The van der Waals surface area contributed by atoms with Crippen LogP contribution in [0.2, 0.25) is 0 Å². The van der Waals surface area contributed by atoms with Crippen LogP contribution in [-0.2, 0) is 5.41 Å². The van der Waals surface area contributed by atoms with Gasteiger partial charge in [-0.3, -0.25) is 0 Å². The Morgan fingerprint density at radius 2 is 1.06 bits per heavy atom. The lowest BCUT2D eigenvalue weighted by atomic mass is 9.81. The Morgan fingerprint density at radius 1 is 0.453 bits per heavy atom. The van der Waals surface area contributed by atoms with Gasteiger partial charge in [-0.1, -0.05) is 165 Å². The van der Waals surface area contributed by atoms with Crippen molar-refractivity contribution in [3.8, 4) is 67.3 Å². The minimum absolute atomic E-state index is 0.0853. The molecule has 1 heterocycles. The van der Waals surface area contributed by atoms with Gasteiger partial charge in [-0.2, -0.15) is 0 Å². The van der Waals surface area contributed by atoms with Crippen LogP contribution in [0.4, 0.5) is 0 Å². The van der Waals surface area contributed by atoms with Crippen LogP contribution < -0.4 is 0 Å². The summed E-state index contributed by atoms with van der Waals surface area (Å²) in [7, 11) is 0. The fourth-order valence-corrected chi connectivity index (χ4v) is 6.71. The predicted molar refractivity (Wildman–Crippen MR) is 222 cm³/mol. The highest BCUT2D eigenvalue weighted by molar-refractivity contribution is 6.05. The van der Waals surface area contributed by atoms with Crippen molar-refractivity contribution in [2.45, 2.75) is 19.1 Å². The lowest BCUT2D eigenvalue weighted by molar-refractivity contribution is 0.661. The van der Waals surface area contributed by atoms with E-state index >= 15 is 0 Å². The molecule has 250 valence electrons. The van der Waals surface area contributed by atoms with E-state index in [1.807, 2.05) is 48.5 Å². The molecule has 9 aromatic rings. The van der Waals surface area contributed by atoms with Crippen molar-refractivity contribution in [2.24, 2.45) is 0 Å². The Balaban J connectivity index is 1.35. The fourth-order valence-electron chi connectivity index (χ4n) is 6.71. The van der Waals surface area contributed by atoms with Crippen LogP contribution in [0.25, 0.3) is 88.8 Å². The second kappa shape index (κ2) is 12.3. The molecule has 10 rings (SSSR count). The maximum atomic E-state index is 9.96. The van der Waals surface area contributed by atoms with Crippen molar-refractivity contribution in [1.29, 1.82) is 0 Å². The maximum absolute atomic E-state index is 9.96. The van der Waals surface area contributed by atoms with E-state index < -0.39 is 165 Å². The van der Waals surface area contributed by atoms with Crippen LogP contribution in [0.15, 0.2) is 182 Å². The van der Waals surface area contributed by atoms with Gasteiger partial charge in [-0.15, -0.1) is 0 Å². The van der Waals surface area contributed by atoms with E-state index in [1.165, 1.54) is 6.07 Å². The second-order valence-corrected chi connectivity index (χ2v) is 12.5. The first-order valence-electron chi connectivity index (χ1n) is 27.1. The molecule has 0 saturated carbocycles. The molecule has 0 bridgehead atoms. The van der Waals surface area contributed by atoms with Crippen LogP contribution >= 0.6 is 0 Å². The number of benzene rings is 8. The van der Waals surface area contributed by atoms with E-state index in [-0.39, 0.29) is 17.1 Å². The molecule has 2 heteroatoms. The number of rotatable bonds is 5. The summed E-state index contributed by atoms with van der Waals surface area (Å²) in [5, 5.41) is -2.32. The first-order chi connectivity index (χ1) is 34.8. The molecule has 0 radical (unpaired) electrons. The number of fused-ring (bicyclic) bond motifs is 5. The number of hydrogen-bond acceptors (Lipinski definition) is 2. The average Bonchev–Trinajstić information content (AvgIpc) is 3.74. The van der Waals surface area contributed by atoms with Crippen molar-refractivity contribution in [1.82, 2.24) is 9.97 Å². The molecule has 0 N–H and O–H groups in total. The Labute approximate surface area is 339 Å². The fraction of sp³-hybridized carbons (Fsp3) is 0.0588. The zero-order chi connectivity index (χ0) is 53.6. The third kappa shape index (κ3) is 5.26. The maximum Gasteiger partial charge on any atom is 0.160 e. The standard InChI is InChI=1S/C51H36N2/c1-51(2)46-31-38(24-25-43(46)45-29-36-18-9-10-19-37(36)30-47(45)51)40-26-27-44(42-23-12-11-22-41(40)42)49-32-48(52-50(53-49)34-16-7-4-8-17-34)39-21-13-20-35(28-39)33-14-5-3-6-15-33/h3-32H,1-2H3/i1D3,2D3,9D,10D,11D,12D,18D,19D,22D,23D,24D,25D,26D,27D,29D,30D,31D. The van der Waals surface area contributed by atoms with Crippen molar-refractivity contribution in [2.75, 3.05) is 0 Å². The highest BCUT2D eigenvalue weighted by Gasteiger charge is 2.36. The summed E-state index contributed by atoms with van der Waals surface area (Å²) in [6.45, 7) is -7.66. The van der Waals surface area contributed by atoms with Gasteiger partial charge in [-0.05, 0) is 96.3 Å². The van der Waals surface area contributed by atoms with E-state index in [9.17, 15) is 12.3 Å². The molecule has 0 amide bonds. The first-order valence-corrected chi connectivity index (χ1v) is 16.6. The molecule has 1 aromatic heterocycles. The zero-order valence-corrected chi connectivity index (χ0v) is 27.6. The Kier molecular flexibility index (Phi) is 3.78. The third-order valence-electron chi connectivity index (χ3n) is 9.28. The van der Waals surface area contributed by atoms with Gasteiger partial charge >= 0.3 is 0 Å². The van der Waals surface area contributed by atoms with Crippen LogP contribution in [-0.4, -0.2) is 9.97 Å². The molecule has 0 aliphatic heterocycles. The molecule has 0 unspecified atom stereocenters. The minimum Gasteiger partial charge on any atom is -0.228 e. The van der Waals surface area contributed by atoms with Crippen LogP contribution in [0, 0.1) is 0 Å². The summed E-state index contributed by atoms with van der Waals surface area (Å²) < 4.78 is 192. The molecule has 0 fully saturated rings. The third-order valence-corrected chi connectivity index (χ3v) is 9.28. The number of nitrogens with zero attached hydrogens (tertiary/aromatic N) is 2. The summed E-state index contributed by atoms with van der Waals surface area (Å²) in [4.78, 5) is 9.72. The SMILES string of the molecule is [2H]c1c([2H])c2c(c([2H])c1-c1c([2H])c([2H])c(-c3cc(-c4cccc(-c5ccccc5)c4)nc(-c4ccccc4)n3)c3c([2H])c([2H])c([2H])c([2H])c13)C(C([2H])([2H])[2H])(C([2H])([2H])[2H])c1c-2c([2H])c2c([2H])c([2H])c([2H])c([2H])c2c1[2H]. The molecule has 53 heavy (non-hydrogen) atoms. The van der Waals surface area contributed by atoms with E-state index in [2.05, 4.69) is 0 Å². The van der Waals surface area contributed by atoms with Crippen molar-refractivity contribution in [3.05, 3.63) is 193 Å². The number of hydrogen-bond donors (Lipinski definition) is 0. The molecule has 8 aromatic carbocycles. The van der Waals surface area contributed by atoms with Crippen molar-refractivity contribution >= 4 is 21.5 Å². The van der Waals surface area contributed by atoms with E-state index in [0.717, 1.165) is 11.1 Å². The molecule has 0 spiro atoms. The van der Waals surface area contributed by atoms with Gasteiger partial charge in [0.2, 0.25) is 0 Å². The van der Waals surface area contributed by atoms with Crippen molar-refractivity contribution < 1.29 is 28.8 Å². The van der Waals surface area contributed by atoms with Crippen LogP contribution in [0.1, 0.15) is 53.6 Å². The molecular weight excluding hydrogens is 641 g/mol. The predicted octanol–water partition coefficient (Wildman–Crippen LogP) is 13.4. The van der Waals surface area contributed by atoms with Crippen LogP contribution in [0.5, 0.6) is 0 Å². The van der Waals surface area contributed by atoms with E-state index in [0.29, 0.717) is 16.8 Å². The van der Waals surface area contributed by atoms with Gasteiger partial charge in [0.05, 0.1) is 31.9 Å². The summed E-state index contributed by atoms with van der Waals surface area (Å²) in [5.41, 5.74) is -5.96. The summed E-state index contributed by atoms with van der Waals surface area (Å²) in [6.07, 6.45) is 0. The summed E-state index contributed by atoms with van der Waals surface area (Å²) in [5.74, 6) is 0.125. The minimum atomic E-state index is -3.83. The molecule has 2 nitrogen and oxygen atoms in total. The number of aromatic nitrogens is 2. The van der Waals surface area contributed by atoms with Gasteiger partial charge in [0.1, 0.15) is 0 Å². The molecular formula is C51H36N2. The first kappa shape index (κ1) is 16.4. The Hall–Kier alpha value is -6.64.